The molecule has 112 heavy (non-hydrogen) atoms. The zero-order valence-corrected chi connectivity index (χ0v) is 62.5. The van der Waals surface area contributed by atoms with Crippen LogP contribution in [0.5, 0.6) is 5.75 Å². The molecular weight excluding hydrogens is 1450 g/mol. The number of benzene rings is 4. The van der Waals surface area contributed by atoms with E-state index in [0.717, 1.165) is 0 Å². The van der Waals surface area contributed by atoms with Gasteiger partial charge in [-0.2, -0.15) is 0 Å². The number of aromatic amines is 2. The van der Waals surface area contributed by atoms with Crippen LogP contribution in [0.25, 0.3) is 10.9 Å². The van der Waals surface area contributed by atoms with Crippen LogP contribution in [-0.2, 0) is 94.4 Å². The zero-order chi connectivity index (χ0) is 82.0. The number of nitrogens with one attached hydrogen (secondary N) is 17. The van der Waals surface area contributed by atoms with Gasteiger partial charge >= 0.3 is 11.9 Å². The summed E-state index contributed by atoms with van der Waals surface area (Å²) < 4.78 is 0. The Morgan fingerprint density at radius 1 is 0.455 bits per heavy atom. The van der Waals surface area contributed by atoms with Crippen LogP contribution >= 0.6 is 0 Å². The molecule has 0 aliphatic heterocycles. The average Bonchev–Trinajstić information content (AvgIpc) is 1.64. The van der Waals surface area contributed by atoms with E-state index in [9.17, 15) is 63.3 Å². The van der Waals surface area contributed by atoms with Crippen molar-refractivity contribution in [3.63, 3.8) is 0 Å². The van der Waals surface area contributed by atoms with Gasteiger partial charge in [0.15, 0.2) is 11.9 Å². The lowest BCUT2D eigenvalue weighted by atomic mass is 9.99. The number of aromatic nitrogens is 3. The summed E-state index contributed by atoms with van der Waals surface area (Å²) in [5.74, 6) is -14.7. The first-order chi connectivity index (χ1) is 53.3. The monoisotopic (exact) mass is 1550 g/mol. The van der Waals surface area contributed by atoms with Crippen LogP contribution in [0.1, 0.15) is 94.2 Å². The lowest BCUT2D eigenvalue weighted by molar-refractivity contribution is -0.141. The SMILES string of the molecule is CC(C)C[C@H](NC(=O)[C@@H](NC(=O)[C@@H](N)Cc1ccc(O)cc1)C(C)C)C(=O)NCC(=O)N[C@@H](Cc1c[nH]cn1)C(=O)N[C@@H](Cc1ccccc1)C(=O)N[C@@H](CCCNC(=N)N)C(=O)N[C@@H](Cc1c[nH]c2ccccc12)C(=O)N[C@@H](CC(=O)O)C(=O)N[C@@H](CCCNC(=N)N)C(=O)N[C@@H](Cc1ccccc1)C(=O)NCC(=O)O. The Balaban J connectivity index is 1.25. The fourth-order valence-corrected chi connectivity index (χ4v) is 11.8. The fourth-order valence-electron chi connectivity index (χ4n) is 11.8. The van der Waals surface area contributed by atoms with E-state index in [2.05, 4.69) is 84.1 Å². The van der Waals surface area contributed by atoms with Gasteiger partial charge in [0.1, 0.15) is 66.7 Å². The molecule has 0 spiro atoms. The molecule has 37 heteroatoms. The van der Waals surface area contributed by atoms with Gasteiger partial charge in [0.05, 0.1) is 31.0 Å². The summed E-state index contributed by atoms with van der Waals surface area (Å²) in [5, 5.41) is 78.7. The molecule has 0 radical (unpaired) electrons. The number of hydrogen-bond donors (Lipinski definition) is 23. The van der Waals surface area contributed by atoms with Crippen molar-refractivity contribution < 1.29 is 77.6 Å². The van der Waals surface area contributed by atoms with Crippen LogP contribution < -0.4 is 86.3 Å². The second-order valence-electron chi connectivity index (χ2n) is 27.5. The van der Waals surface area contributed by atoms with Gasteiger partial charge in [-0.3, -0.25) is 73.1 Å². The van der Waals surface area contributed by atoms with Gasteiger partial charge in [-0.05, 0) is 90.8 Å². The van der Waals surface area contributed by atoms with Crippen LogP contribution in [0, 0.1) is 22.7 Å². The van der Waals surface area contributed by atoms with E-state index in [0.29, 0.717) is 33.2 Å². The Kier molecular flexibility index (Phi) is 34.9. The van der Waals surface area contributed by atoms with Crippen molar-refractivity contribution in [3.05, 3.63) is 156 Å². The molecule has 0 aliphatic rings. The Hall–Kier alpha value is -13.0. The molecule has 602 valence electrons. The van der Waals surface area contributed by atoms with Crippen molar-refractivity contribution >= 4 is 99.7 Å². The number of guanidine groups is 2. The number of carboxylic acids is 2. The molecule has 26 N–H and O–H groups in total. The largest absolute Gasteiger partial charge is 0.508 e. The lowest BCUT2D eigenvalue weighted by Gasteiger charge is -2.28. The van der Waals surface area contributed by atoms with Crippen LogP contribution in [0.3, 0.4) is 0 Å². The second-order valence-corrected chi connectivity index (χ2v) is 27.5. The first-order valence-electron chi connectivity index (χ1n) is 36.3. The summed E-state index contributed by atoms with van der Waals surface area (Å²) in [6.45, 7) is 5.38. The molecule has 37 nitrogen and oxygen atoms in total. The Morgan fingerprint density at radius 3 is 1.42 bits per heavy atom. The summed E-state index contributed by atoms with van der Waals surface area (Å²) in [7, 11) is 0. The minimum Gasteiger partial charge on any atom is -0.508 e. The smallest absolute Gasteiger partial charge is 0.322 e. The van der Waals surface area contributed by atoms with E-state index in [1.807, 2.05) is 0 Å². The number of aromatic hydroxyl groups is 1. The molecule has 0 saturated heterocycles. The number of nitrogens with two attached hydrogens (primary N) is 3. The van der Waals surface area contributed by atoms with Crippen molar-refractivity contribution in [1.29, 1.82) is 10.8 Å². The summed E-state index contributed by atoms with van der Waals surface area (Å²) in [6.07, 6.45) is 1.92. The fraction of sp³-hybridized carbons (Fsp3) is 0.413. The normalized spacial score (nSPS) is 13.7. The maximum absolute atomic E-state index is 15.1. The molecule has 4 aromatic carbocycles. The highest BCUT2D eigenvalue weighted by atomic mass is 16.4. The van der Waals surface area contributed by atoms with Gasteiger partial charge in [-0.25, -0.2) is 4.98 Å². The lowest BCUT2D eigenvalue weighted by Crippen LogP contribution is -2.61. The van der Waals surface area contributed by atoms with Gasteiger partial charge in [-0.1, -0.05) is 119 Å². The van der Waals surface area contributed by atoms with Crippen LogP contribution in [-0.4, -0.2) is 206 Å². The van der Waals surface area contributed by atoms with Crippen LogP contribution in [0.15, 0.2) is 128 Å². The number of amides is 11. The first kappa shape index (κ1) is 87.9. The third kappa shape index (κ3) is 30.2. The highest BCUT2D eigenvalue weighted by molar-refractivity contribution is 6.00. The predicted molar refractivity (Wildman–Crippen MR) is 410 cm³/mol. The molecule has 0 fully saturated rings. The minimum atomic E-state index is -2.00. The first-order valence-corrected chi connectivity index (χ1v) is 36.3. The van der Waals surface area contributed by atoms with Crippen molar-refractivity contribution in [2.75, 3.05) is 26.2 Å². The van der Waals surface area contributed by atoms with Crippen molar-refractivity contribution in [2.24, 2.45) is 29.0 Å². The van der Waals surface area contributed by atoms with Gasteiger partial charge in [0.2, 0.25) is 65.0 Å². The number of carboxylic acid groups (broad SMARTS) is 2. The van der Waals surface area contributed by atoms with E-state index in [4.69, 9.17) is 28.0 Å². The van der Waals surface area contributed by atoms with E-state index < -0.39 is 175 Å². The van der Waals surface area contributed by atoms with E-state index in [1.54, 1.807) is 131 Å². The predicted octanol–water partition coefficient (Wildman–Crippen LogP) is -2.18. The van der Waals surface area contributed by atoms with Gasteiger partial charge in [-0.15, -0.1) is 0 Å². The summed E-state index contributed by atoms with van der Waals surface area (Å²) >= 11 is 0. The number of nitrogens with zero attached hydrogens (tertiary/aromatic N) is 1. The van der Waals surface area contributed by atoms with E-state index >= 15 is 14.4 Å². The minimum absolute atomic E-state index is 0.0122. The highest BCUT2D eigenvalue weighted by Crippen LogP contribution is 2.21. The molecule has 0 unspecified atom stereocenters. The zero-order valence-electron chi connectivity index (χ0n) is 62.5. The number of carbonyl (C=O) groups is 13. The van der Waals surface area contributed by atoms with Crippen LogP contribution in [0.2, 0.25) is 0 Å². The van der Waals surface area contributed by atoms with Gasteiger partial charge < -0.3 is 112 Å². The van der Waals surface area contributed by atoms with Gasteiger partial charge in [0.25, 0.3) is 0 Å². The Morgan fingerprint density at radius 2 is 0.911 bits per heavy atom. The molecule has 0 aliphatic carbocycles. The number of rotatable bonds is 46. The molecule has 10 atom stereocenters. The number of phenols is 1. The maximum atomic E-state index is 15.1. The van der Waals surface area contributed by atoms with E-state index in [1.165, 1.54) is 24.7 Å². The second kappa shape index (κ2) is 44.5. The van der Waals surface area contributed by atoms with Crippen molar-refractivity contribution in [1.82, 2.24) is 84.1 Å². The summed E-state index contributed by atoms with van der Waals surface area (Å²) in [5.41, 5.74) is 20.3. The number of fused-ring (bicyclic) bond motifs is 1. The molecule has 6 rings (SSSR count). The van der Waals surface area contributed by atoms with Gasteiger partial charge in [0, 0.05) is 62.1 Å². The van der Waals surface area contributed by atoms with E-state index in [-0.39, 0.29) is 94.7 Å². The number of imidazole rings is 1. The summed E-state index contributed by atoms with van der Waals surface area (Å²) in [6, 6.07) is 14.8. The molecule has 0 bridgehead atoms. The number of para-hydroxylation sites is 1. The third-order valence-electron chi connectivity index (χ3n) is 17.6. The third-order valence-corrected chi connectivity index (χ3v) is 17.6. The molecule has 2 aromatic heterocycles. The van der Waals surface area contributed by atoms with Crippen LogP contribution in [0.4, 0.5) is 0 Å². The van der Waals surface area contributed by atoms with Crippen molar-refractivity contribution in [2.45, 2.75) is 159 Å². The quantitative estimate of drug-likeness (QED) is 0.0110. The molecule has 11 amide bonds. The van der Waals surface area contributed by atoms with Crippen molar-refractivity contribution in [3.8, 4) is 5.75 Å². The number of aliphatic carboxylic acids is 2. The molecular formula is C75H101N21O16. The maximum Gasteiger partial charge on any atom is 0.322 e. The standard InChI is InChI=1S/C75H101N21O16/c1-41(2)29-54(95-73(112)63(42(3)4)96-64(103)50(76)30-45-23-25-48(97)26-24-45)65(104)85-38-60(98)88-58(34-47-37-81-40-87-47)71(110)92-56(32-44-17-9-6-10-18-44)69(108)89-53(22-14-28-83-75(79)80)68(107)93-57(33-46-36-84-51-20-12-11-19-49(46)51)70(109)94-59(35-61(99)100)72(111)90-52(21-13-27-82-74(77)78)67(106)91-55(66(105)86-39-62(101)102)31-43-15-7-5-8-16-43/h5-12,15-20,23-26,36-37,40-42,50,52-59,63,84,97H,13-14,21-22,27-35,38-39,76H2,1-4H3,(H,81,87)(H,85,104)(H,86,105)(H,88,98)(H,89,108)(H,90,111)(H,91,106)(H,92,110)(H,93,107)(H,94,109)(H,95,112)(H,96,103)(H,99,100)(H,101,102)(H4,77,78,82)(H4,79,80,83)/t50-,52-,53-,54-,55-,56-,57-,58-,59-,63-/m0/s1. The molecule has 6 aromatic rings. The molecule has 2 heterocycles. The Labute approximate surface area is 645 Å². The number of phenolic OH excluding ortho intramolecular Hbond substituents is 1. The highest BCUT2D eigenvalue weighted by Gasteiger charge is 2.37. The summed E-state index contributed by atoms with van der Waals surface area (Å²) in [4.78, 5) is 192. The average molecular weight is 1550 g/mol. The number of H-pyrrole nitrogens is 2. The number of carbonyl (C=O) groups excluding carboxylic acids is 11. The topological polar surface area (TPSA) is 609 Å². The number of hydrogen-bond acceptors (Lipinski definition) is 18. The molecule has 0 saturated carbocycles. The Bertz CT molecular complexity index is 4200.